The molecule has 0 unspecified atom stereocenters. The smallest absolute Gasteiger partial charge is 0.267 e. The lowest BCUT2D eigenvalue weighted by Gasteiger charge is -2.32. The third-order valence-corrected chi connectivity index (χ3v) is 6.07. The number of nitrogens with one attached hydrogen (secondary N) is 1. The molecule has 2 aromatic rings. The quantitative estimate of drug-likeness (QED) is 0.847. The van der Waals surface area contributed by atoms with E-state index in [1.54, 1.807) is 6.20 Å². The number of piperidine rings is 1. The van der Waals surface area contributed by atoms with E-state index in [-0.39, 0.29) is 11.3 Å². The standard InChI is InChI=1S/C20H27N3OS/c1-14-9-11-23(12-10-14)16-7-5-15(6-8-16)22-18(24)17-13-21-19(25-17)20(2,3)4/h5-8,13-14H,9-12H2,1-4H3,(H,22,24). The molecule has 1 aromatic carbocycles. The zero-order valence-corrected chi connectivity index (χ0v) is 16.3. The van der Waals surface area contributed by atoms with Gasteiger partial charge in [-0.3, -0.25) is 4.79 Å². The van der Waals surface area contributed by atoms with Crippen LogP contribution < -0.4 is 10.2 Å². The summed E-state index contributed by atoms with van der Waals surface area (Å²) in [6.45, 7) is 10.9. The number of amides is 1. The van der Waals surface area contributed by atoms with Crippen LogP contribution in [-0.2, 0) is 5.41 Å². The van der Waals surface area contributed by atoms with Gasteiger partial charge in [-0.15, -0.1) is 11.3 Å². The molecule has 0 aliphatic carbocycles. The normalized spacial score (nSPS) is 16.1. The molecule has 1 saturated heterocycles. The van der Waals surface area contributed by atoms with Crippen LogP contribution in [0.4, 0.5) is 11.4 Å². The van der Waals surface area contributed by atoms with Crippen molar-refractivity contribution in [3.63, 3.8) is 0 Å². The molecule has 2 heterocycles. The maximum atomic E-state index is 12.4. The van der Waals surface area contributed by atoms with Gasteiger partial charge >= 0.3 is 0 Å². The van der Waals surface area contributed by atoms with Gasteiger partial charge in [0, 0.05) is 29.9 Å². The molecule has 0 saturated carbocycles. The van der Waals surface area contributed by atoms with E-state index >= 15 is 0 Å². The fourth-order valence-electron chi connectivity index (χ4n) is 2.94. The molecule has 0 spiro atoms. The molecule has 1 aliphatic heterocycles. The number of aromatic nitrogens is 1. The summed E-state index contributed by atoms with van der Waals surface area (Å²) in [5.41, 5.74) is 2.03. The highest BCUT2D eigenvalue weighted by molar-refractivity contribution is 7.13. The van der Waals surface area contributed by atoms with Crippen molar-refractivity contribution in [3.8, 4) is 0 Å². The SMILES string of the molecule is CC1CCN(c2ccc(NC(=O)c3cnc(C(C)(C)C)s3)cc2)CC1. The van der Waals surface area contributed by atoms with Crippen LogP contribution in [0.3, 0.4) is 0 Å². The third kappa shape index (κ3) is 4.40. The van der Waals surface area contributed by atoms with Crippen LogP contribution in [-0.4, -0.2) is 24.0 Å². The summed E-state index contributed by atoms with van der Waals surface area (Å²) in [4.78, 5) is 19.9. The van der Waals surface area contributed by atoms with E-state index in [0.717, 1.165) is 29.7 Å². The van der Waals surface area contributed by atoms with Crippen molar-refractivity contribution in [2.45, 2.75) is 46.0 Å². The third-order valence-electron chi connectivity index (χ3n) is 4.65. The van der Waals surface area contributed by atoms with Crippen molar-refractivity contribution >= 4 is 28.6 Å². The number of carbonyl (C=O) groups is 1. The molecule has 1 amide bonds. The molecule has 0 radical (unpaired) electrons. The average Bonchev–Trinajstić information content (AvgIpc) is 3.07. The van der Waals surface area contributed by atoms with Crippen molar-refractivity contribution < 1.29 is 4.79 Å². The van der Waals surface area contributed by atoms with Gasteiger partial charge in [-0.05, 0) is 43.0 Å². The van der Waals surface area contributed by atoms with E-state index in [1.807, 2.05) is 12.1 Å². The molecule has 1 fully saturated rings. The predicted molar refractivity (Wildman–Crippen MR) is 106 cm³/mol. The maximum Gasteiger partial charge on any atom is 0.267 e. The molecule has 3 rings (SSSR count). The molecule has 134 valence electrons. The summed E-state index contributed by atoms with van der Waals surface area (Å²) < 4.78 is 0. The molecule has 1 aliphatic rings. The van der Waals surface area contributed by atoms with Crippen molar-refractivity contribution in [2.75, 3.05) is 23.3 Å². The van der Waals surface area contributed by atoms with E-state index in [0.29, 0.717) is 4.88 Å². The predicted octanol–water partition coefficient (Wildman–Crippen LogP) is 4.93. The number of nitrogens with zero attached hydrogens (tertiary/aromatic N) is 2. The molecule has 1 aromatic heterocycles. The van der Waals surface area contributed by atoms with Crippen molar-refractivity contribution in [2.24, 2.45) is 5.92 Å². The number of benzene rings is 1. The van der Waals surface area contributed by atoms with E-state index in [4.69, 9.17) is 0 Å². The number of thiazole rings is 1. The molecule has 0 atom stereocenters. The fourth-order valence-corrected chi connectivity index (χ4v) is 3.81. The van der Waals surface area contributed by atoms with Gasteiger partial charge in [0.15, 0.2) is 0 Å². The van der Waals surface area contributed by atoms with Crippen molar-refractivity contribution in [1.82, 2.24) is 4.98 Å². The highest BCUT2D eigenvalue weighted by Gasteiger charge is 2.20. The number of carbonyl (C=O) groups excluding carboxylic acids is 1. The van der Waals surface area contributed by atoms with Crippen LogP contribution in [0.15, 0.2) is 30.5 Å². The zero-order chi connectivity index (χ0) is 18.0. The minimum absolute atomic E-state index is 0.0310. The van der Waals surface area contributed by atoms with Crippen LogP contribution in [0.25, 0.3) is 0 Å². The second kappa shape index (κ2) is 7.16. The second-order valence-electron chi connectivity index (χ2n) is 7.95. The average molecular weight is 358 g/mol. The molecule has 5 heteroatoms. The Morgan fingerprint density at radius 1 is 1.20 bits per heavy atom. The van der Waals surface area contributed by atoms with Gasteiger partial charge in [0.25, 0.3) is 5.91 Å². The molecular weight excluding hydrogens is 330 g/mol. The Bertz CT molecular complexity index is 722. The highest BCUT2D eigenvalue weighted by Crippen LogP contribution is 2.28. The van der Waals surface area contributed by atoms with Crippen LogP contribution in [0.2, 0.25) is 0 Å². The number of rotatable bonds is 3. The topological polar surface area (TPSA) is 45.2 Å². The number of anilines is 2. The summed E-state index contributed by atoms with van der Waals surface area (Å²) >= 11 is 1.46. The van der Waals surface area contributed by atoms with Gasteiger partial charge in [0.1, 0.15) is 4.88 Å². The van der Waals surface area contributed by atoms with Crippen LogP contribution in [0.1, 0.15) is 55.2 Å². The summed E-state index contributed by atoms with van der Waals surface area (Å²) in [6, 6.07) is 8.16. The minimum Gasteiger partial charge on any atom is -0.372 e. The zero-order valence-electron chi connectivity index (χ0n) is 15.5. The summed E-state index contributed by atoms with van der Waals surface area (Å²) in [5.74, 6) is 0.736. The highest BCUT2D eigenvalue weighted by atomic mass is 32.1. The largest absolute Gasteiger partial charge is 0.372 e. The number of hydrogen-bond donors (Lipinski definition) is 1. The van der Waals surface area contributed by atoms with Gasteiger partial charge in [-0.2, -0.15) is 0 Å². The lowest BCUT2D eigenvalue weighted by Crippen LogP contribution is -2.32. The van der Waals surface area contributed by atoms with Crippen LogP contribution in [0, 0.1) is 5.92 Å². The molecule has 0 bridgehead atoms. The Morgan fingerprint density at radius 3 is 2.40 bits per heavy atom. The van der Waals surface area contributed by atoms with Crippen LogP contribution >= 0.6 is 11.3 Å². The summed E-state index contributed by atoms with van der Waals surface area (Å²) in [5, 5.41) is 3.95. The molecular formula is C20H27N3OS. The molecule has 25 heavy (non-hydrogen) atoms. The van der Waals surface area contributed by atoms with Crippen molar-refractivity contribution in [3.05, 3.63) is 40.3 Å². The van der Waals surface area contributed by atoms with E-state index < -0.39 is 0 Å². The first-order valence-corrected chi connectivity index (χ1v) is 9.77. The van der Waals surface area contributed by atoms with E-state index in [9.17, 15) is 4.79 Å². The van der Waals surface area contributed by atoms with Gasteiger partial charge in [-0.1, -0.05) is 27.7 Å². The summed E-state index contributed by atoms with van der Waals surface area (Å²) in [7, 11) is 0. The lowest BCUT2D eigenvalue weighted by atomic mass is 9.98. The molecule has 4 nitrogen and oxygen atoms in total. The van der Waals surface area contributed by atoms with Gasteiger partial charge < -0.3 is 10.2 Å². The van der Waals surface area contributed by atoms with Crippen molar-refractivity contribution in [1.29, 1.82) is 0 Å². The Hall–Kier alpha value is -1.88. The van der Waals surface area contributed by atoms with E-state index in [2.05, 4.69) is 55.0 Å². The molecule has 1 N–H and O–H groups in total. The second-order valence-corrected chi connectivity index (χ2v) is 8.98. The van der Waals surface area contributed by atoms with Gasteiger partial charge in [0.05, 0.1) is 11.2 Å². The monoisotopic (exact) mass is 357 g/mol. The Morgan fingerprint density at radius 2 is 1.84 bits per heavy atom. The minimum atomic E-state index is -0.0902. The Labute approximate surface area is 154 Å². The lowest BCUT2D eigenvalue weighted by molar-refractivity contribution is 0.103. The van der Waals surface area contributed by atoms with E-state index in [1.165, 1.54) is 29.9 Å². The first-order chi connectivity index (χ1) is 11.8. The number of hydrogen-bond acceptors (Lipinski definition) is 4. The maximum absolute atomic E-state index is 12.4. The van der Waals surface area contributed by atoms with Crippen LogP contribution in [0.5, 0.6) is 0 Å². The first kappa shape index (κ1) is 17.9. The van der Waals surface area contributed by atoms with Gasteiger partial charge in [-0.25, -0.2) is 4.98 Å². The Balaban J connectivity index is 1.63. The first-order valence-electron chi connectivity index (χ1n) is 8.95. The fraction of sp³-hybridized carbons (Fsp3) is 0.500. The Kier molecular flexibility index (Phi) is 5.13. The van der Waals surface area contributed by atoms with Gasteiger partial charge in [0.2, 0.25) is 0 Å². The summed E-state index contributed by atoms with van der Waals surface area (Å²) in [6.07, 6.45) is 4.17.